The normalized spacial score (nSPS) is 12.0. The molecule has 5 aromatic rings. The van der Waals surface area contributed by atoms with Crippen molar-refractivity contribution in [2.45, 2.75) is 11.8 Å². The van der Waals surface area contributed by atoms with Gasteiger partial charge in [0.05, 0.1) is 30.1 Å². The van der Waals surface area contributed by atoms with Crippen molar-refractivity contribution in [3.8, 4) is 11.5 Å². The summed E-state index contributed by atoms with van der Waals surface area (Å²) in [5.74, 6) is 1.40. The average Bonchev–Trinajstić information content (AvgIpc) is 3.13. The number of aryl methyl sites for hydroxylation is 1. The number of nitrogens with zero attached hydrogens (tertiary/aromatic N) is 1. The van der Waals surface area contributed by atoms with E-state index >= 15 is 0 Å². The summed E-state index contributed by atoms with van der Waals surface area (Å²) in [6.07, 6.45) is 0. The van der Waals surface area contributed by atoms with Gasteiger partial charge in [-0.15, -0.1) is 0 Å². The summed E-state index contributed by atoms with van der Waals surface area (Å²) in [7, 11) is -0.630. The number of fused-ring (bicyclic) bond motifs is 5. The highest BCUT2D eigenvalue weighted by molar-refractivity contribution is 7.90. The minimum Gasteiger partial charge on any atom is -0.497 e. The van der Waals surface area contributed by atoms with Gasteiger partial charge >= 0.3 is 0 Å². The van der Waals surface area contributed by atoms with Crippen LogP contribution in [-0.2, 0) is 10.0 Å². The summed E-state index contributed by atoms with van der Waals surface area (Å²) in [6, 6.07) is 22.0. The molecule has 31 heavy (non-hydrogen) atoms. The minimum absolute atomic E-state index is 0.248. The second-order valence-corrected chi connectivity index (χ2v) is 9.30. The highest BCUT2D eigenvalue weighted by Crippen LogP contribution is 2.39. The second kappa shape index (κ2) is 7.03. The molecule has 5 nitrogen and oxygen atoms in total. The predicted molar refractivity (Wildman–Crippen MR) is 124 cm³/mol. The van der Waals surface area contributed by atoms with Gasteiger partial charge in [-0.3, -0.25) is 0 Å². The van der Waals surface area contributed by atoms with Crippen molar-refractivity contribution < 1.29 is 17.9 Å². The number of aromatic nitrogens is 1. The molecule has 0 aliphatic rings. The van der Waals surface area contributed by atoms with Gasteiger partial charge in [-0.05, 0) is 60.8 Å². The van der Waals surface area contributed by atoms with Gasteiger partial charge in [0.15, 0.2) is 0 Å². The third-order valence-electron chi connectivity index (χ3n) is 5.67. The van der Waals surface area contributed by atoms with Crippen LogP contribution in [-0.4, -0.2) is 26.6 Å². The summed E-state index contributed by atoms with van der Waals surface area (Å²) < 4.78 is 39.9. The Bertz CT molecular complexity index is 1570. The molecule has 6 heteroatoms. The largest absolute Gasteiger partial charge is 0.497 e. The minimum atomic E-state index is -3.85. The van der Waals surface area contributed by atoms with E-state index in [0.717, 1.165) is 32.9 Å². The van der Waals surface area contributed by atoms with E-state index in [1.807, 2.05) is 55.5 Å². The number of hydrogen-bond donors (Lipinski definition) is 0. The molecule has 4 aromatic carbocycles. The Labute approximate surface area is 180 Å². The summed E-state index contributed by atoms with van der Waals surface area (Å²) >= 11 is 0. The summed E-state index contributed by atoms with van der Waals surface area (Å²) in [6.45, 7) is 1.93. The monoisotopic (exact) mass is 431 g/mol. The van der Waals surface area contributed by atoms with Gasteiger partial charge in [-0.25, -0.2) is 12.4 Å². The zero-order chi connectivity index (χ0) is 21.8. The lowest BCUT2D eigenvalue weighted by Gasteiger charge is -2.12. The molecule has 1 aromatic heterocycles. The summed E-state index contributed by atoms with van der Waals surface area (Å²) in [5, 5.41) is 3.41. The van der Waals surface area contributed by atoms with E-state index in [9.17, 15) is 8.42 Å². The van der Waals surface area contributed by atoms with Gasteiger partial charge < -0.3 is 9.47 Å². The fraction of sp³-hybridized carbons (Fsp3) is 0.120. The first kappa shape index (κ1) is 19.5. The molecule has 0 bridgehead atoms. The Morgan fingerprint density at radius 3 is 2.06 bits per heavy atom. The number of methoxy groups -OCH3 is 2. The Hall–Kier alpha value is -3.51. The average molecular weight is 432 g/mol. The van der Waals surface area contributed by atoms with Crippen molar-refractivity contribution in [3.63, 3.8) is 0 Å². The molecule has 0 aliphatic heterocycles. The fourth-order valence-corrected chi connectivity index (χ4v) is 5.62. The maximum Gasteiger partial charge on any atom is 0.268 e. The van der Waals surface area contributed by atoms with E-state index in [4.69, 9.17) is 9.47 Å². The van der Waals surface area contributed by atoms with Gasteiger partial charge in [0.1, 0.15) is 11.5 Å². The first-order valence-corrected chi connectivity index (χ1v) is 11.3. The van der Waals surface area contributed by atoms with E-state index in [1.54, 1.807) is 38.5 Å². The van der Waals surface area contributed by atoms with E-state index < -0.39 is 10.0 Å². The molecule has 1 heterocycles. The van der Waals surface area contributed by atoms with Gasteiger partial charge in [0, 0.05) is 16.2 Å². The van der Waals surface area contributed by atoms with Crippen LogP contribution in [0.4, 0.5) is 0 Å². The smallest absolute Gasteiger partial charge is 0.268 e. The molecule has 0 N–H and O–H groups in total. The topological polar surface area (TPSA) is 57.5 Å². The third kappa shape index (κ3) is 2.94. The third-order valence-corrected chi connectivity index (χ3v) is 7.40. The van der Waals surface area contributed by atoms with Crippen LogP contribution in [0.3, 0.4) is 0 Å². The van der Waals surface area contributed by atoms with Crippen molar-refractivity contribution in [3.05, 3.63) is 78.4 Å². The van der Waals surface area contributed by atoms with Crippen LogP contribution in [0, 0.1) is 6.92 Å². The van der Waals surface area contributed by atoms with Crippen LogP contribution in [0.5, 0.6) is 11.5 Å². The molecular formula is C25H21NO4S. The maximum atomic E-state index is 13.9. The van der Waals surface area contributed by atoms with Crippen molar-refractivity contribution in [2.75, 3.05) is 14.2 Å². The van der Waals surface area contributed by atoms with E-state index in [1.165, 1.54) is 3.97 Å². The Kier molecular flexibility index (Phi) is 4.41. The van der Waals surface area contributed by atoms with Crippen molar-refractivity contribution in [1.29, 1.82) is 0 Å². The van der Waals surface area contributed by atoms with Gasteiger partial charge in [-0.2, -0.15) is 0 Å². The highest BCUT2D eigenvalue weighted by atomic mass is 32.2. The Morgan fingerprint density at radius 2 is 1.35 bits per heavy atom. The van der Waals surface area contributed by atoms with Crippen LogP contribution < -0.4 is 9.47 Å². The molecule has 0 saturated heterocycles. The van der Waals surface area contributed by atoms with Crippen LogP contribution in [0.25, 0.3) is 32.6 Å². The molecule has 0 radical (unpaired) electrons. The van der Waals surface area contributed by atoms with Gasteiger partial charge in [-0.1, -0.05) is 29.8 Å². The Morgan fingerprint density at radius 1 is 0.710 bits per heavy atom. The van der Waals surface area contributed by atoms with Crippen molar-refractivity contribution >= 4 is 42.6 Å². The standard InChI is InChI=1S/C25H21NO4S/c1-16-4-9-20(10-5-16)31(27,28)26-24-13-8-19(30-3)15-23(24)22-11-6-17-14-18(29-2)7-12-21(17)25(22)26/h4-15H,1-3H3. The molecule has 0 saturated carbocycles. The molecule has 0 atom stereocenters. The predicted octanol–water partition coefficient (Wildman–Crippen LogP) is 5.51. The van der Waals surface area contributed by atoms with E-state index in [2.05, 4.69) is 0 Å². The first-order valence-electron chi connectivity index (χ1n) is 9.85. The van der Waals surface area contributed by atoms with Crippen LogP contribution >= 0.6 is 0 Å². The molecule has 0 spiro atoms. The lowest BCUT2D eigenvalue weighted by molar-refractivity contribution is 0.415. The van der Waals surface area contributed by atoms with Gasteiger partial charge in [0.25, 0.3) is 10.0 Å². The van der Waals surface area contributed by atoms with Crippen LogP contribution in [0.1, 0.15) is 5.56 Å². The number of benzene rings is 4. The lowest BCUT2D eigenvalue weighted by Crippen LogP contribution is -2.13. The number of hydrogen-bond acceptors (Lipinski definition) is 4. The van der Waals surface area contributed by atoms with Crippen LogP contribution in [0.2, 0.25) is 0 Å². The molecule has 0 aliphatic carbocycles. The molecule has 156 valence electrons. The quantitative estimate of drug-likeness (QED) is 0.376. The number of rotatable bonds is 4. The first-order chi connectivity index (χ1) is 14.9. The highest BCUT2D eigenvalue weighted by Gasteiger charge is 2.25. The molecular weight excluding hydrogens is 410 g/mol. The summed E-state index contributed by atoms with van der Waals surface area (Å²) in [4.78, 5) is 0.248. The van der Waals surface area contributed by atoms with Gasteiger partial charge in [0.2, 0.25) is 0 Å². The molecule has 0 amide bonds. The van der Waals surface area contributed by atoms with Crippen LogP contribution in [0.15, 0.2) is 77.7 Å². The lowest BCUT2D eigenvalue weighted by atomic mass is 10.1. The fourth-order valence-electron chi connectivity index (χ4n) is 4.08. The van der Waals surface area contributed by atoms with Crippen molar-refractivity contribution in [1.82, 2.24) is 3.97 Å². The molecule has 0 fully saturated rings. The maximum absolute atomic E-state index is 13.9. The van der Waals surface area contributed by atoms with Crippen molar-refractivity contribution in [2.24, 2.45) is 0 Å². The Balaban J connectivity index is 1.97. The second-order valence-electron chi connectivity index (χ2n) is 7.51. The zero-order valence-corrected chi connectivity index (χ0v) is 18.2. The molecule has 0 unspecified atom stereocenters. The van der Waals surface area contributed by atoms with E-state index in [-0.39, 0.29) is 4.90 Å². The molecule has 5 rings (SSSR count). The zero-order valence-electron chi connectivity index (χ0n) is 17.4. The number of ether oxygens (including phenoxy) is 2. The SMILES string of the molecule is COc1ccc2c(ccc3c4cc(OC)ccc4n(S(=O)(=O)c4ccc(C)cc4)c23)c1. The summed E-state index contributed by atoms with van der Waals surface area (Å²) in [5.41, 5.74) is 2.26. The van der Waals surface area contributed by atoms with E-state index in [0.29, 0.717) is 16.8 Å².